The number of hydrogen-bond donors (Lipinski definition) is 1. The highest BCUT2D eigenvalue weighted by Crippen LogP contribution is 2.26. The van der Waals surface area contributed by atoms with Crippen molar-refractivity contribution in [2.75, 3.05) is 12.3 Å². The van der Waals surface area contributed by atoms with E-state index in [1.54, 1.807) is 23.9 Å². The first-order valence-electron chi connectivity index (χ1n) is 4.85. The summed E-state index contributed by atoms with van der Waals surface area (Å²) in [6.45, 7) is 0.649. The maximum atomic E-state index is 10.8. The lowest BCUT2D eigenvalue weighted by atomic mass is 10.2. The van der Waals surface area contributed by atoms with Gasteiger partial charge in [-0.3, -0.25) is 10.1 Å². The number of nitro benzene ring substituents is 1. The zero-order chi connectivity index (χ0) is 12.0. The van der Waals surface area contributed by atoms with Crippen LogP contribution in [0.3, 0.4) is 0 Å². The molecule has 0 saturated carbocycles. The first-order valence-corrected chi connectivity index (χ1v) is 6.39. The summed E-state index contributed by atoms with van der Waals surface area (Å²) >= 11 is 7.36. The number of rotatable bonds is 6. The van der Waals surface area contributed by atoms with Crippen LogP contribution in [0.5, 0.6) is 0 Å². The lowest BCUT2D eigenvalue weighted by Gasteiger charge is -2.03. The van der Waals surface area contributed by atoms with Crippen molar-refractivity contribution in [1.82, 2.24) is 0 Å². The number of benzene rings is 1. The van der Waals surface area contributed by atoms with E-state index in [2.05, 4.69) is 0 Å². The van der Waals surface area contributed by atoms with Gasteiger partial charge in [-0.2, -0.15) is 11.8 Å². The maximum Gasteiger partial charge on any atom is 0.274 e. The Morgan fingerprint density at radius 2 is 2.25 bits per heavy atom. The highest BCUT2D eigenvalue weighted by molar-refractivity contribution is 7.98. The Bertz CT molecular complexity index is 374. The van der Waals surface area contributed by atoms with Gasteiger partial charge < -0.3 is 5.73 Å². The van der Waals surface area contributed by atoms with E-state index in [1.807, 2.05) is 0 Å². The number of thioether (sulfide) groups is 1. The van der Waals surface area contributed by atoms with Gasteiger partial charge in [0, 0.05) is 22.4 Å². The van der Waals surface area contributed by atoms with Crippen LogP contribution in [0.15, 0.2) is 18.2 Å². The van der Waals surface area contributed by atoms with E-state index in [0.717, 1.165) is 12.2 Å². The van der Waals surface area contributed by atoms with Crippen molar-refractivity contribution in [1.29, 1.82) is 0 Å². The van der Waals surface area contributed by atoms with Crippen LogP contribution in [-0.4, -0.2) is 17.2 Å². The highest BCUT2D eigenvalue weighted by Gasteiger charge is 2.13. The molecule has 4 nitrogen and oxygen atoms in total. The molecule has 88 valence electrons. The minimum Gasteiger partial charge on any atom is -0.330 e. The Morgan fingerprint density at radius 1 is 1.50 bits per heavy atom. The van der Waals surface area contributed by atoms with Crippen molar-refractivity contribution < 1.29 is 4.92 Å². The second kappa shape index (κ2) is 6.73. The molecule has 0 amide bonds. The van der Waals surface area contributed by atoms with Gasteiger partial charge in [0.2, 0.25) is 0 Å². The minimum absolute atomic E-state index is 0.0905. The molecule has 1 aromatic rings. The summed E-state index contributed by atoms with van der Waals surface area (Å²) in [5.74, 6) is 1.53. The molecule has 0 unspecified atom stereocenters. The molecular formula is C10H13ClN2O2S. The fraction of sp³-hybridized carbons (Fsp3) is 0.400. The number of nitrogens with zero attached hydrogens (tertiary/aromatic N) is 1. The Hall–Kier alpha value is -0.780. The van der Waals surface area contributed by atoms with Gasteiger partial charge >= 0.3 is 0 Å². The predicted molar refractivity (Wildman–Crippen MR) is 67.9 cm³/mol. The number of halogens is 1. The molecular weight excluding hydrogens is 248 g/mol. The Kier molecular flexibility index (Phi) is 5.59. The summed E-state index contributed by atoms with van der Waals surface area (Å²) in [7, 11) is 0. The third-order valence-corrected chi connectivity index (χ3v) is 3.32. The second-order valence-electron chi connectivity index (χ2n) is 3.22. The fourth-order valence-electron chi connectivity index (χ4n) is 1.20. The van der Waals surface area contributed by atoms with E-state index in [-0.39, 0.29) is 5.69 Å². The van der Waals surface area contributed by atoms with Crippen LogP contribution in [-0.2, 0) is 5.75 Å². The van der Waals surface area contributed by atoms with Gasteiger partial charge in [0.05, 0.1) is 4.92 Å². The molecule has 6 heteroatoms. The van der Waals surface area contributed by atoms with Crippen LogP contribution < -0.4 is 5.73 Å². The first-order chi connectivity index (χ1) is 7.65. The SMILES string of the molecule is NCCCSCc1ccc(Cl)cc1[N+](=O)[O-]. The van der Waals surface area contributed by atoms with Crippen molar-refractivity contribution in [3.63, 3.8) is 0 Å². The third kappa shape index (κ3) is 4.00. The first kappa shape index (κ1) is 13.3. The average Bonchev–Trinajstić information content (AvgIpc) is 2.26. The van der Waals surface area contributed by atoms with E-state index in [0.29, 0.717) is 22.9 Å². The van der Waals surface area contributed by atoms with E-state index in [9.17, 15) is 10.1 Å². The van der Waals surface area contributed by atoms with Crippen LogP contribution in [0, 0.1) is 10.1 Å². The van der Waals surface area contributed by atoms with Crippen LogP contribution in [0.1, 0.15) is 12.0 Å². The normalized spacial score (nSPS) is 10.4. The van der Waals surface area contributed by atoms with Crippen LogP contribution >= 0.6 is 23.4 Å². The van der Waals surface area contributed by atoms with E-state index in [4.69, 9.17) is 17.3 Å². The molecule has 0 spiro atoms. The van der Waals surface area contributed by atoms with Crippen LogP contribution in [0.2, 0.25) is 5.02 Å². The summed E-state index contributed by atoms with van der Waals surface area (Å²) in [6, 6.07) is 4.77. The molecule has 0 aromatic heterocycles. The van der Waals surface area contributed by atoms with Crippen LogP contribution in [0.25, 0.3) is 0 Å². The predicted octanol–water partition coefficient (Wildman–Crippen LogP) is 2.83. The van der Waals surface area contributed by atoms with Gasteiger partial charge in [-0.05, 0) is 30.9 Å². The van der Waals surface area contributed by atoms with Crippen molar-refractivity contribution in [2.45, 2.75) is 12.2 Å². The van der Waals surface area contributed by atoms with Crippen molar-refractivity contribution in [2.24, 2.45) is 5.73 Å². The molecule has 0 aliphatic carbocycles. The largest absolute Gasteiger partial charge is 0.330 e. The molecule has 0 fully saturated rings. The van der Waals surface area contributed by atoms with Gasteiger partial charge in [0.25, 0.3) is 5.69 Å². The summed E-state index contributed by atoms with van der Waals surface area (Å²) in [4.78, 5) is 10.4. The summed E-state index contributed by atoms with van der Waals surface area (Å²) in [5, 5.41) is 11.2. The lowest BCUT2D eigenvalue weighted by Crippen LogP contribution is -2.00. The molecule has 1 rings (SSSR count). The van der Waals surface area contributed by atoms with Crippen molar-refractivity contribution >= 4 is 29.1 Å². The number of hydrogen-bond acceptors (Lipinski definition) is 4. The van der Waals surface area contributed by atoms with E-state index in [1.165, 1.54) is 6.07 Å². The minimum atomic E-state index is -0.398. The number of nitrogens with two attached hydrogens (primary N) is 1. The Morgan fingerprint density at radius 3 is 2.88 bits per heavy atom. The molecule has 0 aliphatic rings. The molecule has 0 aliphatic heterocycles. The van der Waals surface area contributed by atoms with Crippen molar-refractivity contribution in [3.05, 3.63) is 38.9 Å². The Labute approximate surface area is 103 Å². The van der Waals surface area contributed by atoms with Crippen molar-refractivity contribution in [3.8, 4) is 0 Å². The molecule has 0 radical (unpaired) electrons. The monoisotopic (exact) mass is 260 g/mol. The molecule has 0 heterocycles. The maximum absolute atomic E-state index is 10.8. The van der Waals surface area contributed by atoms with E-state index >= 15 is 0 Å². The van der Waals surface area contributed by atoms with Gasteiger partial charge in [-0.1, -0.05) is 11.6 Å². The molecule has 1 aromatic carbocycles. The topological polar surface area (TPSA) is 69.2 Å². The second-order valence-corrected chi connectivity index (χ2v) is 4.77. The van der Waals surface area contributed by atoms with E-state index < -0.39 is 4.92 Å². The molecule has 16 heavy (non-hydrogen) atoms. The summed E-state index contributed by atoms with van der Waals surface area (Å²) in [6.07, 6.45) is 0.923. The van der Waals surface area contributed by atoms with Gasteiger partial charge in [-0.15, -0.1) is 0 Å². The molecule has 0 atom stereocenters. The zero-order valence-corrected chi connectivity index (χ0v) is 10.3. The molecule has 0 bridgehead atoms. The Balaban J connectivity index is 2.67. The standard InChI is InChI=1S/C10H13ClN2O2S/c11-9-3-2-8(7-16-5-1-4-12)10(6-9)13(14)15/h2-3,6H,1,4-5,7,12H2. The van der Waals surface area contributed by atoms with Gasteiger partial charge in [-0.25, -0.2) is 0 Å². The zero-order valence-electron chi connectivity index (χ0n) is 8.69. The summed E-state index contributed by atoms with van der Waals surface area (Å²) < 4.78 is 0. The molecule has 2 N–H and O–H groups in total. The van der Waals surface area contributed by atoms with Gasteiger partial charge in [0.15, 0.2) is 0 Å². The lowest BCUT2D eigenvalue weighted by molar-refractivity contribution is -0.385. The third-order valence-electron chi connectivity index (χ3n) is 1.99. The molecule has 0 saturated heterocycles. The number of nitro groups is 1. The van der Waals surface area contributed by atoms with Crippen LogP contribution in [0.4, 0.5) is 5.69 Å². The van der Waals surface area contributed by atoms with Gasteiger partial charge in [0.1, 0.15) is 0 Å². The smallest absolute Gasteiger partial charge is 0.274 e. The fourth-order valence-corrected chi connectivity index (χ4v) is 2.34. The highest BCUT2D eigenvalue weighted by atomic mass is 35.5. The summed E-state index contributed by atoms with van der Waals surface area (Å²) in [5.41, 5.74) is 6.16. The average molecular weight is 261 g/mol. The quantitative estimate of drug-likeness (QED) is 0.485.